The number of aromatic hydroxyl groups is 1. The molecule has 2 aromatic rings. The molecule has 0 aliphatic heterocycles. The van der Waals surface area contributed by atoms with Gasteiger partial charge in [0, 0.05) is 6.07 Å². The Hall–Kier alpha value is -1.84. The summed E-state index contributed by atoms with van der Waals surface area (Å²) in [5.74, 6) is 0.175. The molecule has 4 heteroatoms. The van der Waals surface area contributed by atoms with Crippen LogP contribution in [0.1, 0.15) is 5.76 Å². The molecule has 1 aromatic carbocycles. The Balaban J connectivity index is 2.52. The lowest BCUT2D eigenvalue weighted by Gasteiger charge is -1.98. The molecule has 0 radical (unpaired) electrons. The van der Waals surface area contributed by atoms with Gasteiger partial charge in [0.05, 0.1) is 11.8 Å². The van der Waals surface area contributed by atoms with Crippen molar-refractivity contribution in [3.8, 4) is 17.2 Å². The third-order valence-electron chi connectivity index (χ3n) is 1.80. The van der Waals surface area contributed by atoms with Gasteiger partial charge >= 0.3 is 0 Å². The number of phenolic OH excluding ortho intramolecular Hbond substituents is 1. The summed E-state index contributed by atoms with van der Waals surface area (Å²) in [6.07, 6.45) is 1.52. The fraction of sp³-hybridized carbons (Fsp3) is 0.100. The van der Waals surface area contributed by atoms with E-state index in [2.05, 4.69) is 4.98 Å². The first kappa shape index (κ1) is 8.74. The quantitative estimate of drug-likeness (QED) is 0.756. The van der Waals surface area contributed by atoms with Gasteiger partial charge in [0.2, 0.25) is 5.89 Å². The second-order valence-electron chi connectivity index (χ2n) is 2.94. The highest BCUT2D eigenvalue weighted by atomic mass is 19.1. The minimum absolute atomic E-state index is 0.116. The van der Waals surface area contributed by atoms with Crippen molar-refractivity contribution in [2.75, 3.05) is 0 Å². The number of hydrogen-bond donors (Lipinski definition) is 1. The van der Waals surface area contributed by atoms with Crippen LogP contribution >= 0.6 is 0 Å². The Bertz CT molecular complexity index is 465. The van der Waals surface area contributed by atoms with Crippen LogP contribution in [0, 0.1) is 12.7 Å². The maximum atomic E-state index is 13.3. The molecule has 0 atom stereocenters. The van der Waals surface area contributed by atoms with Gasteiger partial charge in [-0.1, -0.05) is 0 Å². The van der Waals surface area contributed by atoms with Gasteiger partial charge < -0.3 is 9.52 Å². The Morgan fingerprint density at radius 3 is 2.79 bits per heavy atom. The van der Waals surface area contributed by atoms with Crippen LogP contribution in [0.2, 0.25) is 0 Å². The fourth-order valence-corrected chi connectivity index (χ4v) is 1.16. The summed E-state index contributed by atoms with van der Waals surface area (Å²) in [7, 11) is 0. The Morgan fingerprint density at radius 1 is 1.43 bits per heavy atom. The maximum Gasteiger partial charge on any atom is 0.229 e. The molecule has 3 nitrogen and oxygen atoms in total. The average Bonchev–Trinajstić information content (AvgIpc) is 2.51. The van der Waals surface area contributed by atoms with E-state index in [1.807, 2.05) is 0 Å². The number of nitrogens with zero attached hydrogens (tertiary/aromatic N) is 1. The number of oxazole rings is 1. The van der Waals surface area contributed by atoms with Crippen LogP contribution in [-0.2, 0) is 0 Å². The normalized spacial score (nSPS) is 10.4. The van der Waals surface area contributed by atoms with Crippen molar-refractivity contribution in [3.63, 3.8) is 0 Å². The predicted molar refractivity (Wildman–Crippen MR) is 48.3 cm³/mol. The second kappa shape index (κ2) is 3.14. The topological polar surface area (TPSA) is 46.3 Å². The van der Waals surface area contributed by atoms with Crippen molar-refractivity contribution in [1.82, 2.24) is 4.98 Å². The molecular weight excluding hydrogens is 185 g/mol. The molecular formula is C10H8FNO2. The molecule has 14 heavy (non-hydrogen) atoms. The zero-order chi connectivity index (χ0) is 10.1. The number of rotatable bonds is 1. The van der Waals surface area contributed by atoms with Gasteiger partial charge in [-0.2, -0.15) is 0 Å². The molecule has 1 aromatic heterocycles. The minimum Gasteiger partial charge on any atom is -0.508 e. The highest BCUT2D eigenvalue weighted by Crippen LogP contribution is 2.24. The van der Waals surface area contributed by atoms with E-state index < -0.39 is 5.82 Å². The summed E-state index contributed by atoms with van der Waals surface area (Å²) >= 11 is 0. The maximum absolute atomic E-state index is 13.3. The van der Waals surface area contributed by atoms with Gasteiger partial charge in [-0.25, -0.2) is 9.37 Å². The monoisotopic (exact) mass is 193 g/mol. The SMILES string of the molecule is Cc1cnc(-c2ccc(O)cc2F)o1. The molecule has 0 unspecified atom stereocenters. The van der Waals surface area contributed by atoms with E-state index in [1.165, 1.54) is 18.3 Å². The smallest absolute Gasteiger partial charge is 0.229 e. The Labute approximate surface area is 79.8 Å². The summed E-state index contributed by atoms with van der Waals surface area (Å²) in [5, 5.41) is 9.00. The third kappa shape index (κ3) is 1.46. The summed E-state index contributed by atoms with van der Waals surface area (Å²) in [6, 6.07) is 3.84. The van der Waals surface area contributed by atoms with Crippen molar-refractivity contribution in [2.45, 2.75) is 6.92 Å². The van der Waals surface area contributed by atoms with E-state index in [4.69, 9.17) is 9.52 Å². The van der Waals surface area contributed by atoms with Crippen LogP contribution in [-0.4, -0.2) is 10.1 Å². The second-order valence-corrected chi connectivity index (χ2v) is 2.94. The minimum atomic E-state index is -0.549. The lowest BCUT2D eigenvalue weighted by molar-refractivity contribution is 0.468. The molecule has 2 rings (SSSR count). The summed E-state index contributed by atoms with van der Waals surface area (Å²) < 4.78 is 18.4. The van der Waals surface area contributed by atoms with Crippen LogP contribution in [0.3, 0.4) is 0 Å². The first-order valence-corrected chi connectivity index (χ1v) is 4.08. The van der Waals surface area contributed by atoms with Gasteiger partial charge in [-0.05, 0) is 19.1 Å². The van der Waals surface area contributed by atoms with E-state index in [-0.39, 0.29) is 17.2 Å². The largest absolute Gasteiger partial charge is 0.508 e. The van der Waals surface area contributed by atoms with Crippen LogP contribution < -0.4 is 0 Å². The molecule has 1 heterocycles. The van der Waals surface area contributed by atoms with E-state index in [1.54, 1.807) is 6.92 Å². The van der Waals surface area contributed by atoms with Crippen molar-refractivity contribution >= 4 is 0 Å². The lowest BCUT2D eigenvalue weighted by Crippen LogP contribution is -1.83. The van der Waals surface area contributed by atoms with Crippen LogP contribution in [0.4, 0.5) is 4.39 Å². The van der Waals surface area contributed by atoms with Crippen LogP contribution in [0.5, 0.6) is 5.75 Å². The molecule has 0 saturated heterocycles. The number of aromatic nitrogens is 1. The zero-order valence-electron chi connectivity index (χ0n) is 7.49. The van der Waals surface area contributed by atoms with Crippen molar-refractivity contribution in [1.29, 1.82) is 0 Å². The molecule has 0 aliphatic carbocycles. The summed E-state index contributed by atoms with van der Waals surface area (Å²) in [6.45, 7) is 1.73. The van der Waals surface area contributed by atoms with Crippen LogP contribution in [0.25, 0.3) is 11.5 Å². The van der Waals surface area contributed by atoms with E-state index in [9.17, 15) is 4.39 Å². The zero-order valence-corrected chi connectivity index (χ0v) is 7.49. The molecule has 0 aliphatic rings. The highest BCUT2D eigenvalue weighted by Gasteiger charge is 2.10. The molecule has 0 fully saturated rings. The summed E-state index contributed by atoms with van der Waals surface area (Å²) in [5.41, 5.74) is 0.246. The number of benzene rings is 1. The van der Waals surface area contributed by atoms with E-state index >= 15 is 0 Å². The van der Waals surface area contributed by atoms with Crippen molar-refractivity contribution < 1.29 is 13.9 Å². The van der Waals surface area contributed by atoms with Gasteiger partial charge in [0.25, 0.3) is 0 Å². The first-order chi connectivity index (χ1) is 6.66. The molecule has 1 N–H and O–H groups in total. The average molecular weight is 193 g/mol. The van der Waals surface area contributed by atoms with E-state index in [0.29, 0.717) is 5.76 Å². The predicted octanol–water partition coefficient (Wildman–Crippen LogP) is 2.49. The summed E-state index contributed by atoms with van der Waals surface area (Å²) in [4.78, 5) is 3.89. The molecule has 0 amide bonds. The highest BCUT2D eigenvalue weighted by molar-refractivity contribution is 5.55. The third-order valence-corrected chi connectivity index (χ3v) is 1.80. The van der Waals surface area contributed by atoms with Gasteiger partial charge in [0.1, 0.15) is 17.3 Å². The fourth-order valence-electron chi connectivity index (χ4n) is 1.16. The Kier molecular flexibility index (Phi) is 1.96. The lowest BCUT2D eigenvalue weighted by atomic mass is 10.2. The number of halogens is 1. The van der Waals surface area contributed by atoms with Crippen molar-refractivity contribution in [3.05, 3.63) is 36.0 Å². The standard InChI is InChI=1S/C10H8FNO2/c1-6-5-12-10(14-6)8-3-2-7(13)4-9(8)11/h2-5,13H,1H3. The number of hydrogen-bond acceptors (Lipinski definition) is 3. The van der Waals surface area contributed by atoms with Crippen LogP contribution in [0.15, 0.2) is 28.8 Å². The molecule has 0 saturated carbocycles. The number of phenols is 1. The van der Waals surface area contributed by atoms with Gasteiger partial charge in [0.15, 0.2) is 0 Å². The van der Waals surface area contributed by atoms with Gasteiger partial charge in [-0.15, -0.1) is 0 Å². The number of aryl methyl sites for hydroxylation is 1. The molecule has 0 spiro atoms. The Morgan fingerprint density at radius 2 is 2.21 bits per heavy atom. The van der Waals surface area contributed by atoms with Crippen molar-refractivity contribution in [2.24, 2.45) is 0 Å². The molecule has 0 bridgehead atoms. The van der Waals surface area contributed by atoms with Gasteiger partial charge in [-0.3, -0.25) is 0 Å². The van der Waals surface area contributed by atoms with E-state index in [0.717, 1.165) is 6.07 Å². The molecule has 72 valence electrons. The first-order valence-electron chi connectivity index (χ1n) is 4.08.